The van der Waals surface area contributed by atoms with E-state index < -0.39 is 22.0 Å². The summed E-state index contributed by atoms with van der Waals surface area (Å²) in [6.07, 6.45) is 0.740. The molecule has 0 bridgehead atoms. The Morgan fingerprint density at radius 1 is 1.45 bits per heavy atom. The Hall–Kier alpha value is -1.64. The molecule has 0 aliphatic rings. The highest BCUT2D eigenvalue weighted by atomic mass is 32.2. The molecule has 0 aliphatic heterocycles. The Morgan fingerprint density at radius 2 is 2.10 bits per heavy atom. The Kier molecular flexibility index (Phi) is 5.49. The van der Waals surface area contributed by atoms with Crippen LogP contribution >= 0.6 is 0 Å². The molecule has 7 nitrogen and oxygen atoms in total. The van der Waals surface area contributed by atoms with Gasteiger partial charge in [0.2, 0.25) is 10.0 Å². The first-order valence-electron chi connectivity index (χ1n) is 6.07. The van der Waals surface area contributed by atoms with Crippen LogP contribution in [-0.4, -0.2) is 37.2 Å². The van der Waals surface area contributed by atoms with E-state index in [1.807, 2.05) is 0 Å². The minimum Gasteiger partial charge on any atom is -0.478 e. The SMILES string of the molecule is CCC(CCO)NS(=O)(=O)c1ccc(N)cc1C(=O)O. The molecule has 0 heterocycles. The molecule has 1 aromatic carbocycles. The number of nitrogen functional groups attached to an aromatic ring is 1. The van der Waals surface area contributed by atoms with E-state index in [1.54, 1.807) is 6.92 Å². The number of nitrogens with one attached hydrogen (secondary N) is 1. The van der Waals surface area contributed by atoms with Crippen LogP contribution < -0.4 is 10.5 Å². The Balaban J connectivity index is 3.18. The molecular weight excluding hydrogens is 284 g/mol. The fourth-order valence-electron chi connectivity index (χ4n) is 1.73. The van der Waals surface area contributed by atoms with Gasteiger partial charge in [-0.25, -0.2) is 17.9 Å². The molecule has 112 valence electrons. The molecule has 1 rings (SSSR count). The third kappa shape index (κ3) is 3.92. The van der Waals surface area contributed by atoms with Crippen molar-refractivity contribution in [3.8, 4) is 0 Å². The number of aliphatic hydroxyl groups is 1. The Bertz CT molecular complexity index is 586. The van der Waals surface area contributed by atoms with E-state index in [2.05, 4.69) is 4.72 Å². The van der Waals surface area contributed by atoms with Gasteiger partial charge in [0.25, 0.3) is 0 Å². The number of sulfonamides is 1. The number of hydrogen-bond donors (Lipinski definition) is 4. The van der Waals surface area contributed by atoms with Gasteiger partial charge in [-0.05, 0) is 31.0 Å². The first-order chi connectivity index (χ1) is 9.31. The summed E-state index contributed by atoms with van der Waals surface area (Å²) in [5.41, 5.74) is 5.26. The van der Waals surface area contributed by atoms with Gasteiger partial charge in [0.05, 0.1) is 10.5 Å². The van der Waals surface area contributed by atoms with Crippen LogP contribution in [0.5, 0.6) is 0 Å². The number of anilines is 1. The molecule has 0 radical (unpaired) electrons. The van der Waals surface area contributed by atoms with Gasteiger partial charge < -0.3 is 15.9 Å². The normalized spacial score (nSPS) is 13.1. The van der Waals surface area contributed by atoms with Crippen molar-refractivity contribution in [1.82, 2.24) is 4.72 Å². The summed E-state index contributed by atoms with van der Waals surface area (Å²) in [6, 6.07) is 3.13. The van der Waals surface area contributed by atoms with Crippen LogP contribution in [0.4, 0.5) is 5.69 Å². The highest BCUT2D eigenvalue weighted by Gasteiger charge is 2.24. The van der Waals surface area contributed by atoms with Gasteiger partial charge in [-0.1, -0.05) is 6.92 Å². The first-order valence-corrected chi connectivity index (χ1v) is 7.56. The number of benzene rings is 1. The largest absolute Gasteiger partial charge is 0.478 e. The van der Waals surface area contributed by atoms with Crippen LogP contribution in [0.3, 0.4) is 0 Å². The van der Waals surface area contributed by atoms with E-state index in [-0.39, 0.29) is 29.2 Å². The topological polar surface area (TPSA) is 130 Å². The maximum Gasteiger partial charge on any atom is 0.337 e. The van der Waals surface area contributed by atoms with Crippen LogP contribution in [0.25, 0.3) is 0 Å². The number of carboxylic acids is 1. The zero-order chi connectivity index (χ0) is 15.3. The van der Waals surface area contributed by atoms with E-state index in [0.717, 1.165) is 12.1 Å². The van der Waals surface area contributed by atoms with Gasteiger partial charge in [-0.15, -0.1) is 0 Å². The second-order valence-electron chi connectivity index (χ2n) is 4.30. The van der Waals surface area contributed by atoms with Crippen molar-refractivity contribution in [3.63, 3.8) is 0 Å². The lowest BCUT2D eigenvalue weighted by molar-refractivity contribution is 0.0692. The summed E-state index contributed by atoms with van der Waals surface area (Å²) in [5, 5.41) is 17.9. The summed E-state index contributed by atoms with van der Waals surface area (Å²) in [5.74, 6) is -1.37. The molecule has 0 amide bonds. The van der Waals surface area contributed by atoms with Crippen molar-refractivity contribution in [2.24, 2.45) is 0 Å². The quantitative estimate of drug-likeness (QED) is 0.540. The summed E-state index contributed by atoms with van der Waals surface area (Å²) < 4.78 is 26.8. The highest BCUT2D eigenvalue weighted by Crippen LogP contribution is 2.19. The molecule has 0 fully saturated rings. The maximum absolute atomic E-state index is 12.2. The molecule has 5 N–H and O–H groups in total. The Labute approximate surface area is 117 Å². The molecule has 0 spiro atoms. The molecule has 0 aliphatic carbocycles. The smallest absolute Gasteiger partial charge is 0.337 e. The van der Waals surface area contributed by atoms with Gasteiger partial charge in [0, 0.05) is 18.3 Å². The third-order valence-corrected chi connectivity index (χ3v) is 4.39. The molecule has 1 aromatic rings. The number of carboxylic acid groups (broad SMARTS) is 1. The van der Waals surface area contributed by atoms with Crippen LogP contribution in [-0.2, 0) is 10.0 Å². The van der Waals surface area contributed by atoms with E-state index in [4.69, 9.17) is 15.9 Å². The predicted octanol–water partition coefficient (Wildman–Crippen LogP) is 0.406. The third-order valence-electron chi connectivity index (χ3n) is 2.82. The average Bonchev–Trinajstić information content (AvgIpc) is 2.37. The van der Waals surface area contributed by atoms with Gasteiger partial charge in [-0.2, -0.15) is 0 Å². The summed E-state index contributed by atoms with van der Waals surface area (Å²) >= 11 is 0. The van der Waals surface area contributed by atoms with Crippen molar-refractivity contribution >= 4 is 21.7 Å². The monoisotopic (exact) mass is 302 g/mol. The zero-order valence-electron chi connectivity index (χ0n) is 11.0. The number of rotatable bonds is 7. The maximum atomic E-state index is 12.2. The lowest BCUT2D eigenvalue weighted by atomic mass is 10.2. The second kappa shape index (κ2) is 6.69. The first kappa shape index (κ1) is 16.4. The lowest BCUT2D eigenvalue weighted by Gasteiger charge is -2.17. The van der Waals surface area contributed by atoms with E-state index in [9.17, 15) is 13.2 Å². The highest BCUT2D eigenvalue weighted by molar-refractivity contribution is 7.89. The number of aromatic carboxylic acids is 1. The van der Waals surface area contributed by atoms with E-state index >= 15 is 0 Å². The fraction of sp³-hybridized carbons (Fsp3) is 0.417. The summed E-state index contributed by atoms with van der Waals surface area (Å²) in [6.45, 7) is 1.61. The molecular formula is C12H18N2O5S. The summed E-state index contributed by atoms with van der Waals surface area (Å²) in [7, 11) is -3.98. The minimum absolute atomic E-state index is 0.158. The second-order valence-corrected chi connectivity index (χ2v) is 5.98. The van der Waals surface area contributed by atoms with Crippen LogP contribution in [0.1, 0.15) is 30.1 Å². The molecule has 1 unspecified atom stereocenters. The number of hydrogen-bond acceptors (Lipinski definition) is 5. The molecule has 0 aromatic heterocycles. The van der Waals surface area contributed by atoms with Gasteiger partial charge in [0.15, 0.2) is 0 Å². The molecule has 8 heteroatoms. The van der Waals surface area contributed by atoms with Gasteiger partial charge in [0.1, 0.15) is 0 Å². The average molecular weight is 302 g/mol. The van der Waals surface area contributed by atoms with Gasteiger partial charge >= 0.3 is 5.97 Å². The van der Waals surface area contributed by atoms with Crippen LogP contribution in [0.2, 0.25) is 0 Å². The molecule has 1 atom stereocenters. The summed E-state index contributed by atoms with van der Waals surface area (Å²) in [4.78, 5) is 10.8. The van der Waals surface area contributed by atoms with Crippen molar-refractivity contribution in [2.75, 3.05) is 12.3 Å². The van der Waals surface area contributed by atoms with E-state index in [1.165, 1.54) is 6.07 Å². The zero-order valence-corrected chi connectivity index (χ0v) is 11.9. The predicted molar refractivity (Wildman–Crippen MR) is 73.9 cm³/mol. The van der Waals surface area contributed by atoms with Crippen LogP contribution in [0.15, 0.2) is 23.1 Å². The Morgan fingerprint density at radius 3 is 2.60 bits per heavy atom. The number of carbonyl (C=O) groups is 1. The van der Waals surface area contributed by atoms with Crippen molar-refractivity contribution in [1.29, 1.82) is 0 Å². The van der Waals surface area contributed by atoms with Crippen LogP contribution in [0, 0.1) is 0 Å². The molecule has 0 saturated carbocycles. The van der Waals surface area contributed by atoms with Gasteiger partial charge in [-0.3, -0.25) is 0 Å². The van der Waals surface area contributed by atoms with Crippen molar-refractivity contribution in [2.45, 2.75) is 30.7 Å². The molecule has 0 saturated heterocycles. The molecule has 20 heavy (non-hydrogen) atoms. The minimum atomic E-state index is -3.98. The van der Waals surface area contributed by atoms with E-state index in [0.29, 0.717) is 6.42 Å². The fourth-order valence-corrected chi connectivity index (χ4v) is 3.27. The number of aliphatic hydroxyl groups excluding tert-OH is 1. The lowest BCUT2D eigenvalue weighted by Crippen LogP contribution is -2.35. The standard InChI is InChI=1S/C12H18N2O5S/c1-2-9(5-6-15)14-20(18,19)11-4-3-8(13)7-10(11)12(16)17/h3-4,7,9,14-15H,2,5-6,13H2,1H3,(H,16,17). The van der Waals surface area contributed by atoms with Crippen molar-refractivity contribution in [3.05, 3.63) is 23.8 Å². The van der Waals surface area contributed by atoms with Crippen molar-refractivity contribution < 1.29 is 23.4 Å². The number of nitrogens with two attached hydrogens (primary N) is 1.